The van der Waals surface area contributed by atoms with E-state index in [0.717, 1.165) is 31.6 Å². The Morgan fingerprint density at radius 1 is 0.556 bits per heavy atom. The van der Waals surface area contributed by atoms with Gasteiger partial charge in [-0.15, -0.1) is 0 Å². The molecule has 0 N–H and O–H groups in total. The van der Waals surface area contributed by atoms with E-state index in [1.165, 1.54) is 128 Å². The summed E-state index contributed by atoms with van der Waals surface area (Å²) in [6.45, 7) is 9.13. The summed E-state index contributed by atoms with van der Waals surface area (Å²) in [5.41, 5.74) is 0. The van der Waals surface area contributed by atoms with Crippen LogP contribution in [0.3, 0.4) is 0 Å². The summed E-state index contributed by atoms with van der Waals surface area (Å²) in [7, 11) is 0. The minimum absolute atomic E-state index is 0.0507. The monoisotopic (exact) mass is 507 g/mol. The highest BCUT2D eigenvalue weighted by molar-refractivity contribution is 5.69. The quantitative estimate of drug-likeness (QED) is 0.0599. The van der Waals surface area contributed by atoms with Gasteiger partial charge in [0.05, 0.1) is 0 Å². The zero-order chi connectivity index (χ0) is 26.5. The first-order valence-electron chi connectivity index (χ1n) is 16.5. The molecule has 0 fully saturated rings. The first-order valence-corrected chi connectivity index (χ1v) is 16.5. The first kappa shape index (κ1) is 35.2. The van der Waals surface area contributed by atoms with E-state index in [0.29, 0.717) is 6.42 Å². The number of carbonyl (C=O) groups excluding carboxylic acids is 1. The van der Waals surface area contributed by atoms with E-state index in [1.807, 2.05) is 0 Å². The molecular formula is C34H66O2. The van der Waals surface area contributed by atoms with Crippen molar-refractivity contribution in [3.05, 3.63) is 12.2 Å². The molecule has 0 rings (SSSR count). The molecule has 36 heavy (non-hydrogen) atoms. The number of hydrogen-bond donors (Lipinski definition) is 0. The highest BCUT2D eigenvalue weighted by atomic mass is 16.5. The molecule has 214 valence electrons. The fraction of sp³-hybridized carbons (Fsp3) is 0.912. The van der Waals surface area contributed by atoms with Crippen molar-refractivity contribution in [2.75, 3.05) is 0 Å². The van der Waals surface area contributed by atoms with Crippen LogP contribution in [0.5, 0.6) is 0 Å². The Balaban J connectivity index is 3.92. The first-order chi connectivity index (χ1) is 17.7. The molecule has 0 spiro atoms. The Hall–Kier alpha value is -0.790. The molecule has 2 heteroatoms. The summed E-state index contributed by atoms with van der Waals surface area (Å²) in [5.74, 6) is 0.849. The van der Waals surface area contributed by atoms with Gasteiger partial charge in [-0.05, 0) is 63.7 Å². The lowest BCUT2D eigenvalue weighted by atomic mass is 9.92. The second-order valence-electron chi connectivity index (χ2n) is 11.3. The second kappa shape index (κ2) is 28.8. The molecule has 2 unspecified atom stereocenters. The molecule has 0 aliphatic heterocycles. The predicted octanol–water partition coefficient (Wildman–Crippen LogP) is 11.9. The molecule has 0 aliphatic carbocycles. The summed E-state index contributed by atoms with van der Waals surface area (Å²) < 4.78 is 6.00. The Kier molecular flexibility index (Phi) is 28.1. The van der Waals surface area contributed by atoms with Crippen LogP contribution in [0.1, 0.15) is 188 Å². The van der Waals surface area contributed by atoms with Gasteiger partial charge in [0.1, 0.15) is 6.10 Å². The minimum Gasteiger partial charge on any atom is -0.462 e. The molecule has 0 aliphatic rings. The summed E-state index contributed by atoms with van der Waals surface area (Å²) >= 11 is 0. The van der Waals surface area contributed by atoms with E-state index in [-0.39, 0.29) is 12.1 Å². The molecule has 0 saturated heterocycles. The SMILES string of the molecule is CCCCCCCC/C=C\CCCCCCCC(=O)OC(CCCCCC)CCC(CC)CCCC. The Bertz CT molecular complexity index is 470. The topological polar surface area (TPSA) is 26.3 Å². The van der Waals surface area contributed by atoms with Crippen LogP contribution in [0.25, 0.3) is 0 Å². The van der Waals surface area contributed by atoms with Gasteiger partial charge in [-0.3, -0.25) is 4.79 Å². The predicted molar refractivity (Wildman–Crippen MR) is 161 cm³/mol. The molecule has 0 aromatic carbocycles. The molecular weight excluding hydrogens is 440 g/mol. The van der Waals surface area contributed by atoms with Crippen LogP contribution >= 0.6 is 0 Å². The van der Waals surface area contributed by atoms with Crippen LogP contribution in [0.15, 0.2) is 12.2 Å². The van der Waals surface area contributed by atoms with Crippen LogP contribution in [-0.4, -0.2) is 12.1 Å². The molecule has 0 heterocycles. The Morgan fingerprint density at radius 2 is 1.08 bits per heavy atom. The van der Waals surface area contributed by atoms with E-state index >= 15 is 0 Å². The Labute approximate surface area is 227 Å². The van der Waals surface area contributed by atoms with Gasteiger partial charge in [-0.25, -0.2) is 0 Å². The number of carbonyl (C=O) groups is 1. The summed E-state index contributed by atoms with van der Waals surface area (Å²) in [6.07, 6.45) is 35.8. The lowest BCUT2D eigenvalue weighted by Crippen LogP contribution is -2.19. The fourth-order valence-electron chi connectivity index (χ4n) is 5.11. The molecule has 0 aromatic rings. The van der Waals surface area contributed by atoms with Gasteiger partial charge in [0.25, 0.3) is 0 Å². The van der Waals surface area contributed by atoms with Gasteiger partial charge < -0.3 is 4.74 Å². The molecule has 0 saturated carbocycles. The zero-order valence-electron chi connectivity index (χ0n) is 25.3. The summed E-state index contributed by atoms with van der Waals surface area (Å²) in [6, 6.07) is 0. The highest BCUT2D eigenvalue weighted by Crippen LogP contribution is 2.23. The summed E-state index contributed by atoms with van der Waals surface area (Å²) in [4.78, 5) is 12.5. The smallest absolute Gasteiger partial charge is 0.306 e. The van der Waals surface area contributed by atoms with Gasteiger partial charge in [0.15, 0.2) is 0 Å². The number of unbranched alkanes of at least 4 members (excludes halogenated alkanes) is 15. The number of allylic oxidation sites excluding steroid dienone is 2. The van der Waals surface area contributed by atoms with Crippen LogP contribution in [0.4, 0.5) is 0 Å². The molecule has 2 atom stereocenters. The van der Waals surface area contributed by atoms with Crippen LogP contribution < -0.4 is 0 Å². The average Bonchev–Trinajstić information content (AvgIpc) is 2.88. The third-order valence-corrected chi connectivity index (χ3v) is 7.76. The molecule has 0 radical (unpaired) electrons. The molecule has 0 aromatic heterocycles. The molecule has 0 amide bonds. The maximum Gasteiger partial charge on any atom is 0.306 e. The van der Waals surface area contributed by atoms with Crippen LogP contribution in [-0.2, 0) is 9.53 Å². The van der Waals surface area contributed by atoms with E-state index < -0.39 is 0 Å². The Morgan fingerprint density at radius 3 is 1.67 bits per heavy atom. The number of rotatable bonds is 28. The largest absolute Gasteiger partial charge is 0.462 e. The minimum atomic E-state index is 0.0507. The standard InChI is InChI=1S/C34H66O2/c1-5-9-12-14-15-16-17-18-19-20-21-22-23-24-26-29-34(35)36-33(28-25-13-10-6-2)31-30-32(8-4)27-11-7-3/h18-19,32-33H,5-17,20-31H2,1-4H3/b19-18-. The van der Waals surface area contributed by atoms with Gasteiger partial charge >= 0.3 is 5.97 Å². The highest BCUT2D eigenvalue weighted by Gasteiger charge is 2.16. The van der Waals surface area contributed by atoms with Crippen LogP contribution in [0, 0.1) is 5.92 Å². The third kappa shape index (κ3) is 24.9. The molecule has 0 bridgehead atoms. The zero-order valence-corrected chi connectivity index (χ0v) is 25.3. The maximum absolute atomic E-state index is 12.5. The number of esters is 1. The van der Waals surface area contributed by atoms with Crippen LogP contribution in [0.2, 0.25) is 0 Å². The average molecular weight is 507 g/mol. The van der Waals surface area contributed by atoms with E-state index in [4.69, 9.17) is 4.74 Å². The normalized spacial score (nSPS) is 13.3. The van der Waals surface area contributed by atoms with Crippen molar-refractivity contribution in [2.45, 2.75) is 194 Å². The third-order valence-electron chi connectivity index (χ3n) is 7.76. The molecule has 2 nitrogen and oxygen atoms in total. The van der Waals surface area contributed by atoms with Crippen molar-refractivity contribution in [1.29, 1.82) is 0 Å². The van der Waals surface area contributed by atoms with Crippen molar-refractivity contribution in [3.8, 4) is 0 Å². The fourth-order valence-corrected chi connectivity index (χ4v) is 5.11. The van der Waals surface area contributed by atoms with Gasteiger partial charge in [-0.2, -0.15) is 0 Å². The lowest BCUT2D eigenvalue weighted by molar-refractivity contribution is -0.150. The van der Waals surface area contributed by atoms with Gasteiger partial charge in [0, 0.05) is 6.42 Å². The van der Waals surface area contributed by atoms with E-state index in [2.05, 4.69) is 39.8 Å². The summed E-state index contributed by atoms with van der Waals surface area (Å²) in [5, 5.41) is 0. The second-order valence-corrected chi connectivity index (χ2v) is 11.3. The lowest BCUT2D eigenvalue weighted by Gasteiger charge is -2.21. The van der Waals surface area contributed by atoms with Gasteiger partial charge in [-0.1, -0.05) is 136 Å². The van der Waals surface area contributed by atoms with Gasteiger partial charge in [0.2, 0.25) is 0 Å². The van der Waals surface area contributed by atoms with E-state index in [9.17, 15) is 4.79 Å². The van der Waals surface area contributed by atoms with Crippen molar-refractivity contribution in [3.63, 3.8) is 0 Å². The van der Waals surface area contributed by atoms with Crippen molar-refractivity contribution in [1.82, 2.24) is 0 Å². The van der Waals surface area contributed by atoms with Crippen molar-refractivity contribution >= 4 is 5.97 Å². The number of hydrogen-bond acceptors (Lipinski definition) is 2. The van der Waals surface area contributed by atoms with Crippen molar-refractivity contribution in [2.24, 2.45) is 5.92 Å². The van der Waals surface area contributed by atoms with E-state index in [1.54, 1.807) is 0 Å². The maximum atomic E-state index is 12.5. The van der Waals surface area contributed by atoms with Crippen molar-refractivity contribution < 1.29 is 9.53 Å². The number of ether oxygens (including phenoxy) is 1.